The fraction of sp³-hybridized carbons (Fsp3) is 0.273. The summed E-state index contributed by atoms with van der Waals surface area (Å²) in [6, 6.07) is 5.09. The number of nitro benzene ring substituents is 1. The molecular weight excluding hydrogens is 314 g/mol. The first-order valence-electron chi connectivity index (χ1n) is 5.64. The van der Waals surface area contributed by atoms with Gasteiger partial charge in [-0.1, -0.05) is 6.07 Å². The Labute approximate surface area is 117 Å². The second-order valence-corrected chi connectivity index (χ2v) is 4.76. The third kappa shape index (κ3) is 3.83. The molecule has 2 N–H and O–H groups in total. The molecule has 1 heterocycles. The van der Waals surface area contributed by atoms with Crippen LogP contribution < -0.4 is 5.32 Å². The highest BCUT2D eigenvalue weighted by molar-refractivity contribution is 9.10. The van der Waals surface area contributed by atoms with Crippen LogP contribution in [-0.4, -0.2) is 26.6 Å². The average Bonchev–Trinajstić information content (AvgIpc) is 2.89. The van der Waals surface area contributed by atoms with Crippen molar-refractivity contribution < 1.29 is 4.92 Å². The summed E-state index contributed by atoms with van der Waals surface area (Å²) in [4.78, 5) is 14.4. The van der Waals surface area contributed by atoms with Gasteiger partial charge in [0.25, 0.3) is 5.69 Å². The summed E-state index contributed by atoms with van der Waals surface area (Å²) < 4.78 is 0.489. The Bertz CT molecular complexity index is 558. The first kappa shape index (κ1) is 13.6. The molecule has 0 unspecified atom stereocenters. The van der Waals surface area contributed by atoms with E-state index in [1.54, 1.807) is 12.1 Å². The molecule has 0 aliphatic heterocycles. The molecule has 0 spiro atoms. The number of nitrogens with zero attached hydrogens (tertiary/aromatic N) is 3. The molecule has 0 atom stereocenters. The predicted molar refractivity (Wildman–Crippen MR) is 72.6 cm³/mol. The molecule has 0 aliphatic carbocycles. The minimum atomic E-state index is -0.401. The molecule has 0 radical (unpaired) electrons. The number of aromatic amines is 1. The van der Waals surface area contributed by atoms with Gasteiger partial charge in [0.05, 0.1) is 9.40 Å². The first-order valence-corrected chi connectivity index (χ1v) is 6.44. The van der Waals surface area contributed by atoms with Crippen molar-refractivity contribution in [2.24, 2.45) is 0 Å². The Morgan fingerprint density at radius 2 is 2.32 bits per heavy atom. The summed E-state index contributed by atoms with van der Waals surface area (Å²) in [5.41, 5.74) is 0.946. The van der Waals surface area contributed by atoms with Crippen LogP contribution in [0.3, 0.4) is 0 Å². The van der Waals surface area contributed by atoms with Crippen LogP contribution in [0.5, 0.6) is 0 Å². The number of hydrogen-bond acceptors (Lipinski definition) is 5. The van der Waals surface area contributed by atoms with E-state index in [2.05, 4.69) is 36.4 Å². The van der Waals surface area contributed by atoms with Crippen molar-refractivity contribution in [2.45, 2.75) is 13.0 Å². The highest BCUT2D eigenvalue weighted by Gasteiger charge is 2.11. The van der Waals surface area contributed by atoms with Gasteiger partial charge in [-0.05, 0) is 27.6 Å². The summed E-state index contributed by atoms with van der Waals surface area (Å²) in [6.45, 7) is 1.29. The van der Waals surface area contributed by atoms with Crippen LogP contribution >= 0.6 is 15.9 Å². The van der Waals surface area contributed by atoms with E-state index in [0.29, 0.717) is 11.0 Å². The van der Waals surface area contributed by atoms with Gasteiger partial charge in [0.2, 0.25) is 0 Å². The topological polar surface area (TPSA) is 96.7 Å². The van der Waals surface area contributed by atoms with E-state index in [-0.39, 0.29) is 5.69 Å². The van der Waals surface area contributed by atoms with Crippen LogP contribution in [-0.2, 0) is 13.0 Å². The second-order valence-electron chi connectivity index (χ2n) is 3.90. The number of aromatic nitrogens is 3. The van der Waals surface area contributed by atoms with Crippen LogP contribution in [0, 0.1) is 10.1 Å². The van der Waals surface area contributed by atoms with E-state index in [0.717, 1.165) is 24.4 Å². The zero-order valence-electron chi connectivity index (χ0n) is 9.97. The Kier molecular flexibility index (Phi) is 4.58. The number of halogens is 1. The number of nitro groups is 1. The molecule has 0 saturated carbocycles. The number of nitrogens with one attached hydrogen (secondary N) is 2. The van der Waals surface area contributed by atoms with Crippen molar-refractivity contribution in [3.05, 3.63) is 50.5 Å². The lowest BCUT2D eigenvalue weighted by atomic mass is 10.2. The third-order valence-corrected chi connectivity index (χ3v) is 3.21. The standard InChI is InChI=1S/C11H12BrN5O2/c12-9-2-1-8(5-10(9)17(18)19)6-13-4-3-11-14-7-15-16-11/h1-2,5,7,13H,3-4,6H2,(H,14,15,16). The van der Waals surface area contributed by atoms with Crippen molar-refractivity contribution in [1.82, 2.24) is 20.5 Å². The minimum Gasteiger partial charge on any atom is -0.312 e. The van der Waals surface area contributed by atoms with E-state index < -0.39 is 4.92 Å². The van der Waals surface area contributed by atoms with Gasteiger partial charge in [-0.3, -0.25) is 15.2 Å². The van der Waals surface area contributed by atoms with E-state index in [9.17, 15) is 10.1 Å². The SMILES string of the molecule is O=[N+]([O-])c1cc(CNCCc2ncn[nH]2)ccc1Br. The Morgan fingerprint density at radius 1 is 1.47 bits per heavy atom. The third-order valence-electron chi connectivity index (χ3n) is 2.54. The molecular formula is C11H12BrN5O2. The van der Waals surface area contributed by atoms with Gasteiger partial charge >= 0.3 is 0 Å². The maximum absolute atomic E-state index is 10.8. The van der Waals surface area contributed by atoms with Crippen LogP contribution in [0.25, 0.3) is 0 Å². The smallest absolute Gasteiger partial charge is 0.283 e. The summed E-state index contributed by atoms with van der Waals surface area (Å²) in [6.07, 6.45) is 2.20. The maximum Gasteiger partial charge on any atom is 0.283 e. The van der Waals surface area contributed by atoms with Crippen LogP contribution in [0.4, 0.5) is 5.69 Å². The van der Waals surface area contributed by atoms with Crippen molar-refractivity contribution in [1.29, 1.82) is 0 Å². The van der Waals surface area contributed by atoms with Crippen molar-refractivity contribution >= 4 is 21.6 Å². The van der Waals surface area contributed by atoms with Gasteiger partial charge in [-0.25, -0.2) is 4.98 Å². The minimum absolute atomic E-state index is 0.0783. The molecule has 0 aliphatic rings. The lowest BCUT2D eigenvalue weighted by molar-refractivity contribution is -0.385. The molecule has 0 fully saturated rings. The molecule has 0 bridgehead atoms. The monoisotopic (exact) mass is 325 g/mol. The van der Waals surface area contributed by atoms with Gasteiger partial charge in [0.1, 0.15) is 12.2 Å². The van der Waals surface area contributed by atoms with Gasteiger partial charge in [-0.2, -0.15) is 5.10 Å². The maximum atomic E-state index is 10.8. The highest BCUT2D eigenvalue weighted by atomic mass is 79.9. The number of hydrogen-bond donors (Lipinski definition) is 2. The van der Waals surface area contributed by atoms with Gasteiger partial charge in [0, 0.05) is 25.6 Å². The molecule has 7 nitrogen and oxygen atoms in total. The number of rotatable bonds is 6. The lowest BCUT2D eigenvalue weighted by Gasteiger charge is -2.04. The normalized spacial score (nSPS) is 10.6. The van der Waals surface area contributed by atoms with E-state index in [1.165, 1.54) is 6.33 Å². The summed E-state index contributed by atoms with van der Waals surface area (Å²) >= 11 is 3.16. The fourth-order valence-electron chi connectivity index (χ4n) is 1.60. The second kappa shape index (κ2) is 6.39. The van der Waals surface area contributed by atoms with Gasteiger partial charge in [0.15, 0.2) is 0 Å². The van der Waals surface area contributed by atoms with E-state index >= 15 is 0 Å². The number of benzene rings is 1. The van der Waals surface area contributed by atoms with Crippen LogP contribution in [0.2, 0.25) is 0 Å². The Hall–Kier alpha value is -1.80. The average molecular weight is 326 g/mol. The van der Waals surface area contributed by atoms with Crippen molar-refractivity contribution in [3.63, 3.8) is 0 Å². The largest absolute Gasteiger partial charge is 0.312 e. The Morgan fingerprint density at radius 3 is 3.00 bits per heavy atom. The highest BCUT2D eigenvalue weighted by Crippen LogP contribution is 2.25. The molecule has 1 aromatic carbocycles. The van der Waals surface area contributed by atoms with E-state index in [1.807, 2.05) is 6.07 Å². The molecule has 19 heavy (non-hydrogen) atoms. The summed E-state index contributed by atoms with van der Waals surface area (Å²) in [7, 11) is 0. The zero-order chi connectivity index (χ0) is 13.7. The van der Waals surface area contributed by atoms with Gasteiger partial charge in [-0.15, -0.1) is 0 Å². The molecule has 2 aromatic rings. The molecule has 1 aromatic heterocycles. The molecule has 100 valence electrons. The molecule has 8 heteroatoms. The molecule has 0 saturated heterocycles. The fourth-order valence-corrected chi connectivity index (χ4v) is 1.99. The Balaban J connectivity index is 1.86. The number of H-pyrrole nitrogens is 1. The molecule has 0 amide bonds. The summed E-state index contributed by atoms with van der Waals surface area (Å²) in [5, 5.41) is 20.5. The van der Waals surface area contributed by atoms with E-state index in [4.69, 9.17) is 0 Å². The molecule has 2 rings (SSSR count). The van der Waals surface area contributed by atoms with Crippen molar-refractivity contribution in [3.8, 4) is 0 Å². The van der Waals surface area contributed by atoms with Crippen molar-refractivity contribution in [2.75, 3.05) is 6.54 Å². The summed E-state index contributed by atoms with van der Waals surface area (Å²) in [5.74, 6) is 0.814. The quantitative estimate of drug-likeness (QED) is 0.479. The predicted octanol–water partition coefficient (Wildman–Crippen LogP) is 1.81. The zero-order valence-corrected chi connectivity index (χ0v) is 11.6. The van der Waals surface area contributed by atoms with Crippen LogP contribution in [0.15, 0.2) is 29.0 Å². The van der Waals surface area contributed by atoms with Crippen LogP contribution in [0.1, 0.15) is 11.4 Å². The van der Waals surface area contributed by atoms with Gasteiger partial charge < -0.3 is 5.32 Å². The first-order chi connectivity index (χ1) is 9.16. The lowest BCUT2D eigenvalue weighted by Crippen LogP contribution is -2.17.